The molecule has 5 nitrogen and oxygen atoms in total. The quantitative estimate of drug-likeness (QED) is 0.709. The van der Waals surface area contributed by atoms with Gasteiger partial charge in [0.15, 0.2) is 0 Å². The minimum absolute atomic E-state index is 0.0567. The highest BCUT2D eigenvalue weighted by atomic mass is 79.9. The third-order valence-corrected chi connectivity index (χ3v) is 3.89. The Labute approximate surface area is 155 Å². The number of benzene rings is 2. The van der Waals surface area contributed by atoms with E-state index in [2.05, 4.69) is 26.6 Å². The van der Waals surface area contributed by atoms with Crippen LogP contribution in [0.25, 0.3) is 0 Å². The van der Waals surface area contributed by atoms with Crippen LogP contribution < -0.4 is 15.4 Å². The summed E-state index contributed by atoms with van der Waals surface area (Å²) in [6, 6.07) is 14.8. The monoisotopic (exact) mass is 404 g/mol. The summed E-state index contributed by atoms with van der Waals surface area (Å²) in [7, 11) is 0. The average Bonchev–Trinajstić information content (AvgIpc) is 2.63. The van der Waals surface area contributed by atoms with Crippen molar-refractivity contribution >= 4 is 27.7 Å². The largest absolute Gasteiger partial charge is 0.488 e. The van der Waals surface area contributed by atoms with Gasteiger partial charge in [0.05, 0.1) is 12.1 Å². The minimum Gasteiger partial charge on any atom is -0.488 e. The first-order chi connectivity index (χ1) is 12.1. The summed E-state index contributed by atoms with van der Waals surface area (Å²) in [4.78, 5) is 23.9. The van der Waals surface area contributed by atoms with Gasteiger partial charge >= 0.3 is 0 Å². The molecule has 0 aliphatic carbocycles. The van der Waals surface area contributed by atoms with Gasteiger partial charge in [0.25, 0.3) is 5.91 Å². The Morgan fingerprint density at radius 2 is 1.88 bits per heavy atom. The summed E-state index contributed by atoms with van der Waals surface area (Å²) in [5.74, 6) is -0.0619. The standard InChI is InChI=1S/C19H21BrN2O3/c1-2-10-21-18(23)12-22-19(24)16-8-3-4-9-17(16)25-13-14-6-5-7-15(20)11-14/h3-9,11H,2,10,12-13H2,1H3,(H,21,23)(H,22,24). The van der Waals surface area contributed by atoms with Crippen LogP contribution in [-0.4, -0.2) is 24.9 Å². The van der Waals surface area contributed by atoms with Crippen LogP contribution in [0, 0.1) is 0 Å². The van der Waals surface area contributed by atoms with E-state index in [1.165, 1.54) is 0 Å². The number of amides is 2. The number of carbonyl (C=O) groups excluding carboxylic acids is 2. The van der Waals surface area contributed by atoms with E-state index in [1.807, 2.05) is 31.2 Å². The lowest BCUT2D eigenvalue weighted by Gasteiger charge is -2.12. The maximum atomic E-state index is 12.3. The van der Waals surface area contributed by atoms with Crippen LogP contribution in [0.3, 0.4) is 0 Å². The molecule has 0 spiro atoms. The number of para-hydroxylation sites is 1. The first-order valence-corrected chi connectivity index (χ1v) is 8.90. The number of ether oxygens (including phenoxy) is 1. The number of hydrogen-bond acceptors (Lipinski definition) is 3. The number of nitrogens with one attached hydrogen (secondary N) is 2. The molecule has 0 fully saturated rings. The van der Waals surface area contributed by atoms with Crippen LogP contribution in [-0.2, 0) is 11.4 Å². The van der Waals surface area contributed by atoms with Gasteiger partial charge in [-0.05, 0) is 36.2 Å². The van der Waals surface area contributed by atoms with Crippen molar-refractivity contribution in [1.29, 1.82) is 0 Å². The van der Waals surface area contributed by atoms with E-state index in [4.69, 9.17) is 4.74 Å². The van der Waals surface area contributed by atoms with Crippen molar-refractivity contribution < 1.29 is 14.3 Å². The van der Waals surface area contributed by atoms with Crippen molar-refractivity contribution in [3.05, 3.63) is 64.1 Å². The van der Waals surface area contributed by atoms with E-state index < -0.39 is 0 Å². The molecule has 2 rings (SSSR count). The summed E-state index contributed by atoms with van der Waals surface area (Å²) >= 11 is 3.42. The third-order valence-electron chi connectivity index (χ3n) is 3.40. The Hall–Kier alpha value is -2.34. The minimum atomic E-state index is -0.337. The van der Waals surface area contributed by atoms with Gasteiger partial charge in [-0.2, -0.15) is 0 Å². The highest BCUT2D eigenvalue weighted by Gasteiger charge is 2.13. The molecule has 2 N–H and O–H groups in total. The number of halogens is 1. The molecular formula is C19H21BrN2O3. The van der Waals surface area contributed by atoms with Crippen LogP contribution >= 0.6 is 15.9 Å². The summed E-state index contributed by atoms with van der Waals surface area (Å²) in [5, 5.41) is 5.33. The van der Waals surface area contributed by atoms with E-state index in [1.54, 1.807) is 24.3 Å². The number of rotatable bonds is 8. The second-order valence-electron chi connectivity index (χ2n) is 5.45. The highest BCUT2D eigenvalue weighted by Crippen LogP contribution is 2.20. The SMILES string of the molecule is CCCNC(=O)CNC(=O)c1ccccc1OCc1cccc(Br)c1. The number of carbonyl (C=O) groups is 2. The van der Waals surface area contributed by atoms with Gasteiger partial charge in [-0.1, -0.05) is 47.1 Å². The molecule has 2 aromatic carbocycles. The van der Waals surface area contributed by atoms with E-state index in [0.717, 1.165) is 16.5 Å². The lowest BCUT2D eigenvalue weighted by molar-refractivity contribution is -0.120. The van der Waals surface area contributed by atoms with Crippen LogP contribution in [0.15, 0.2) is 53.0 Å². The fourth-order valence-electron chi connectivity index (χ4n) is 2.15. The van der Waals surface area contributed by atoms with Crippen molar-refractivity contribution in [2.75, 3.05) is 13.1 Å². The van der Waals surface area contributed by atoms with Gasteiger partial charge in [0.1, 0.15) is 12.4 Å². The average molecular weight is 405 g/mol. The zero-order valence-electron chi connectivity index (χ0n) is 14.0. The number of hydrogen-bond donors (Lipinski definition) is 2. The second-order valence-corrected chi connectivity index (χ2v) is 6.36. The molecule has 0 unspecified atom stereocenters. The lowest BCUT2D eigenvalue weighted by Crippen LogP contribution is -2.37. The fourth-order valence-corrected chi connectivity index (χ4v) is 2.60. The van der Waals surface area contributed by atoms with Crippen molar-refractivity contribution in [3.63, 3.8) is 0 Å². The van der Waals surface area contributed by atoms with Crippen molar-refractivity contribution in [3.8, 4) is 5.75 Å². The summed E-state index contributed by atoms with van der Waals surface area (Å²) in [5.41, 5.74) is 1.39. The predicted molar refractivity (Wildman–Crippen MR) is 101 cm³/mol. The molecule has 0 saturated heterocycles. The fraction of sp³-hybridized carbons (Fsp3) is 0.263. The zero-order chi connectivity index (χ0) is 18.1. The molecule has 0 bridgehead atoms. The Bertz CT molecular complexity index is 734. The van der Waals surface area contributed by atoms with Gasteiger partial charge in [0, 0.05) is 11.0 Å². The molecule has 132 valence electrons. The van der Waals surface area contributed by atoms with Gasteiger partial charge < -0.3 is 15.4 Å². The van der Waals surface area contributed by atoms with Gasteiger partial charge in [-0.25, -0.2) is 0 Å². The molecule has 0 radical (unpaired) electrons. The molecule has 6 heteroatoms. The molecule has 2 amide bonds. The van der Waals surface area contributed by atoms with Gasteiger partial charge in [-0.15, -0.1) is 0 Å². The third kappa shape index (κ3) is 6.23. The Morgan fingerprint density at radius 3 is 2.64 bits per heavy atom. The molecule has 0 aliphatic rings. The van der Waals surface area contributed by atoms with Crippen molar-refractivity contribution in [1.82, 2.24) is 10.6 Å². The van der Waals surface area contributed by atoms with Crippen LogP contribution in [0.2, 0.25) is 0 Å². The normalized spacial score (nSPS) is 10.2. The second kappa shape index (κ2) is 9.84. The van der Waals surface area contributed by atoms with E-state index in [9.17, 15) is 9.59 Å². The molecule has 0 aromatic heterocycles. The summed E-state index contributed by atoms with van der Waals surface area (Å²) in [6.45, 7) is 2.86. The first-order valence-electron chi connectivity index (χ1n) is 8.11. The van der Waals surface area contributed by atoms with Crippen molar-refractivity contribution in [2.45, 2.75) is 20.0 Å². The highest BCUT2D eigenvalue weighted by molar-refractivity contribution is 9.10. The van der Waals surface area contributed by atoms with Crippen LogP contribution in [0.5, 0.6) is 5.75 Å². The Morgan fingerprint density at radius 1 is 1.08 bits per heavy atom. The maximum Gasteiger partial charge on any atom is 0.255 e. The molecular weight excluding hydrogens is 384 g/mol. The Kier molecular flexibility index (Phi) is 7.47. The van der Waals surface area contributed by atoms with Crippen molar-refractivity contribution in [2.24, 2.45) is 0 Å². The Balaban J connectivity index is 1.97. The van der Waals surface area contributed by atoms with E-state index in [-0.39, 0.29) is 18.4 Å². The van der Waals surface area contributed by atoms with Gasteiger partial charge in [-0.3, -0.25) is 9.59 Å². The molecule has 0 aliphatic heterocycles. The lowest BCUT2D eigenvalue weighted by atomic mass is 10.2. The molecule has 0 atom stereocenters. The molecule has 2 aromatic rings. The maximum absolute atomic E-state index is 12.3. The van der Waals surface area contributed by atoms with Crippen LogP contribution in [0.1, 0.15) is 29.3 Å². The van der Waals surface area contributed by atoms with Gasteiger partial charge in [0.2, 0.25) is 5.91 Å². The summed E-state index contributed by atoms with van der Waals surface area (Å²) < 4.78 is 6.76. The zero-order valence-corrected chi connectivity index (χ0v) is 15.6. The van der Waals surface area contributed by atoms with Crippen LogP contribution in [0.4, 0.5) is 0 Å². The predicted octanol–water partition coefficient (Wildman–Crippen LogP) is 3.28. The van der Waals surface area contributed by atoms with E-state index >= 15 is 0 Å². The van der Waals surface area contributed by atoms with E-state index in [0.29, 0.717) is 24.5 Å². The molecule has 0 saturated carbocycles. The smallest absolute Gasteiger partial charge is 0.255 e. The summed E-state index contributed by atoms with van der Waals surface area (Å²) in [6.07, 6.45) is 0.853. The first kappa shape index (κ1) is 19.0. The topological polar surface area (TPSA) is 67.4 Å². The molecule has 0 heterocycles. The molecule has 25 heavy (non-hydrogen) atoms.